The van der Waals surface area contributed by atoms with E-state index in [9.17, 15) is 9.59 Å². The minimum Gasteiger partial charge on any atom is -0.291 e. The van der Waals surface area contributed by atoms with Crippen molar-refractivity contribution in [2.75, 3.05) is 5.48 Å². The third-order valence-corrected chi connectivity index (χ3v) is 5.04. The molecule has 0 saturated heterocycles. The number of rotatable bonds is 4. The summed E-state index contributed by atoms with van der Waals surface area (Å²) < 4.78 is -0.563. The Morgan fingerprint density at radius 2 is 1.67 bits per heavy atom. The third kappa shape index (κ3) is 5.78. The number of anilines is 1. The number of hydrazine groups is 1. The monoisotopic (exact) mass is 561 g/mol. The highest BCUT2D eigenvalue weighted by Crippen LogP contribution is 2.44. The van der Waals surface area contributed by atoms with Crippen molar-refractivity contribution in [3.63, 3.8) is 0 Å². The van der Waals surface area contributed by atoms with Gasteiger partial charge in [-0.3, -0.25) is 25.7 Å². The van der Waals surface area contributed by atoms with Gasteiger partial charge < -0.3 is 0 Å². The Morgan fingerprint density at radius 3 is 2.19 bits per heavy atom. The van der Waals surface area contributed by atoms with Crippen LogP contribution in [0.1, 0.15) is 40.1 Å². The quantitative estimate of drug-likeness (QED) is 0.362. The van der Waals surface area contributed by atoms with E-state index in [1.54, 1.807) is 56.3 Å². The minimum absolute atomic E-state index is 0.261. The molecule has 2 rings (SSSR count). The number of nitrogens with zero attached hydrogens (tertiary/aromatic N) is 1. The van der Waals surface area contributed by atoms with Crippen molar-refractivity contribution in [3.05, 3.63) is 65.2 Å². The zero-order chi connectivity index (χ0) is 20.2. The van der Waals surface area contributed by atoms with Crippen molar-refractivity contribution >= 4 is 65.3 Å². The first-order valence-corrected chi connectivity index (χ1v) is 10.3. The summed E-state index contributed by atoms with van der Waals surface area (Å²) in [6.45, 7) is 3.61. The van der Waals surface area contributed by atoms with Gasteiger partial charge in [0.05, 0.1) is 5.69 Å². The second-order valence-electron chi connectivity index (χ2n) is 5.98. The van der Waals surface area contributed by atoms with Crippen LogP contribution in [0.15, 0.2) is 48.5 Å². The molecular weight excluding hydrogens is 546 g/mol. The molecule has 0 fully saturated rings. The molecule has 9 heteroatoms. The van der Waals surface area contributed by atoms with Crippen molar-refractivity contribution in [1.29, 1.82) is 0 Å². The summed E-state index contributed by atoms with van der Waals surface area (Å²) in [5.41, 5.74) is 6.64. The molecule has 0 aliphatic carbocycles. The summed E-state index contributed by atoms with van der Waals surface area (Å²) in [6.07, 6.45) is 0. The van der Waals surface area contributed by atoms with Crippen molar-refractivity contribution in [3.8, 4) is 0 Å². The lowest BCUT2D eigenvalue weighted by Gasteiger charge is -2.27. The van der Waals surface area contributed by atoms with Gasteiger partial charge in [0.2, 0.25) is 0 Å². The van der Waals surface area contributed by atoms with E-state index in [-0.39, 0.29) is 11.9 Å². The van der Waals surface area contributed by atoms with Crippen molar-refractivity contribution in [1.82, 2.24) is 10.4 Å². The molecule has 144 valence electrons. The van der Waals surface area contributed by atoms with Crippen LogP contribution in [0.3, 0.4) is 0 Å². The molecular formula is C18H18Br3N3O3. The number of hydrogen-bond acceptors (Lipinski definition) is 4. The van der Waals surface area contributed by atoms with Crippen molar-refractivity contribution in [2.24, 2.45) is 0 Å². The fraction of sp³-hybridized carbons (Fsp3) is 0.222. The van der Waals surface area contributed by atoms with Crippen LogP contribution >= 0.6 is 47.8 Å². The van der Waals surface area contributed by atoms with E-state index in [1.807, 2.05) is 5.48 Å². The topological polar surface area (TPSA) is 81.7 Å². The number of amides is 2. The first-order valence-electron chi connectivity index (χ1n) is 7.95. The van der Waals surface area contributed by atoms with E-state index in [0.717, 1.165) is 5.56 Å². The van der Waals surface area contributed by atoms with E-state index >= 15 is 0 Å². The Bertz CT molecular complexity index is 821. The zero-order valence-corrected chi connectivity index (χ0v) is 19.3. The van der Waals surface area contributed by atoms with E-state index in [4.69, 9.17) is 5.21 Å². The highest BCUT2D eigenvalue weighted by Gasteiger charge is 2.24. The zero-order valence-electron chi connectivity index (χ0n) is 14.5. The summed E-state index contributed by atoms with van der Waals surface area (Å²) in [5, 5.41) is 10.3. The Morgan fingerprint density at radius 1 is 1.04 bits per heavy atom. The van der Waals surface area contributed by atoms with E-state index in [1.165, 1.54) is 11.1 Å². The number of benzene rings is 2. The van der Waals surface area contributed by atoms with Crippen LogP contribution in [0.4, 0.5) is 5.69 Å². The Labute approximate surface area is 182 Å². The maximum absolute atomic E-state index is 12.9. The van der Waals surface area contributed by atoms with Gasteiger partial charge in [0.25, 0.3) is 11.8 Å². The normalized spacial score (nSPS) is 11.2. The highest BCUT2D eigenvalue weighted by atomic mass is 80.0. The Kier molecular flexibility index (Phi) is 7.44. The highest BCUT2D eigenvalue weighted by molar-refractivity contribution is 9.38. The molecule has 0 bridgehead atoms. The molecule has 3 N–H and O–H groups in total. The molecule has 0 spiro atoms. The Hall–Kier alpha value is -1.42. The number of carbonyl (C=O) groups is 2. The second kappa shape index (κ2) is 9.18. The molecule has 2 amide bonds. The smallest absolute Gasteiger partial charge is 0.272 e. The summed E-state index contributed by atoms with van der Waals surface area (Å²) in [5.74, 6) is -0.781. The van der Waals surface area contributed by atoms with E-state index < -0.39 is 8.05 Å². The fourth-order valence-corrected chi connectivity index (χ4v) is 3.05. The first-order chi connectivity index (χ1) is 12.6. The van der Waals surface area contributed by atoms with Crippen LogP contribution in [0.5, 0.6) is 0 Å². The third-order valence-electron chi connectivity index (χ3n) is 3.67. The summed E-state index contributed by atoms with van der Waals surface area (Å²) >= 11 is 10.3. The van der Waals surface area contributed by atoms with Gasteiger partial charge in [-0.15, -0.1) is 0 Å². The first kappa shape index (κ1) is 21.9. The average Bonchev–Trinajstić information content (AvgIpc) is 2.64. The van der Waals surface area contributed by atoms with Crippen LogP contribution in [0.2, 0.25) is 0 Å². The van der Waals surface area contributed by atoms with Gasteiger partial charge in [-0.2, -0.15) is 0 Å². The van der Waals surface area contributed by atoms with Crippen molar-refractivity contribution in [2.45, 2.75) is 22.0 Å². The number of alkyl halides is 3. The van der Waals surface area contributed by atoms with E-state index in [2.05, 4.69) is 53.2 Å². The average molecular weight is 564 g/mol. The second-order valence-corrected chi connectivity index (χ2v) is 12.7. The lowest BCUT2D eigenvalue weighted by atomic mass is 10.1. The Balaban J connectivity index is 2.21. The molecule has 0 unspecified atom stereocenters. The summed E-state index contributed by atoms with van der Waals surface area (Å²) in [4.78, 5) is 25.4. The summed E-state index contributed by atoms with van der Waals surface area (Å²) in [6, 6.07) is 13.0. The van der Waals surface area contributed by atoms with Crippen LogP contribution in [0.25, 0.3) is 0 Å². The van der Waals surface area contributed by atoms with Crippen LogP contribution in [-0.2, 0) is 2.14 Å². The maximum atomic E-state index is 12.9. The molecule has 0 saturated carbocycles. The van der Waals surface area contributed by atoms with Crippen LogP contribution in [-0.4, -0.2) is 28.1 Å². The number of halogens is 3. The SMILES string of the molecule is CC(C)N(NC(=O)c1cccc(NO)c1)C(=O)c1ccc(C(Br)(Br)Br)cc1. The fourth-order valence-electron chi connectivity index (χ4n) is 2.26. The predicted molar refractivity (Wildman–Crippen MR) is 116 cm³/mol. The molecule has 0 aromatic heterocycles. The lowest BCUT2D eigenvalue weighted by Crippen LogP contribution is -2.50. The van der Waals surface area contributed by atoms with Gasteiger partial charge >= 0.3 is 0 Å². The number of carbonyl (C=O) groups excluding carboxylic acids is 2. The van der Waals surface area contributed by atoms with Gasteiger partial charge in [-0.05, 0) is 49.7 Å². The van der Waals surface area contributed by atoms with Gasteiger partial charge in [-0.25, -0.2) is 5.01 Å². The predicted octanol–water partition coefficient (Wildman–Crippen LogP) is 4.98. The van der Waals surface area contributed by atoms with Gasteiger partial charge in [0.1, 0.15) is 0 Å². The van der Waals surface area contributed by atoms with Gasteiger partial charge in [-0.1, -0.05) is 66.0 Å². The molecule has 0 radical (unpaired) electrons. The van der Waals surface area contributed by atoms with Crippen LogP contribution < -0.4 is 10.9 Å². The van der Waals surface area contributed by atoms with E-state index in [0.29, 0.717) is 16.8 Å². The van der Waals surface area contributed by atoms with Crippen LogP contribution in [0, 0.1) is 0 Å². The molecule has 6 nitrogen and oxygen atoms in total. The van der Waals surface area contributed by atoms with Crippen molar-refractivity contribution < 1.29 is 14.8 Å². The summed E-state index contributed by atoms with van der Waals surface area (Å²) in [7, 11) is 0. The molecule has 2 aromatic rings. The molecule has 0 aliphatic heterocycles. The number of nitrogens with one attached hydrogen (secondary N) is 2. The lowest BCUT2D eigenvalue weighted by molar-refractivity contribution is 0.0516. The molecule has 0 heterocycles. The number of hydrogen-bond donors (Lipinski definition) is 3. The minimum atomic E-state index is -0.563. The molecule has 0 aliphatic rings. The standard InChI is InChI=1S/C18H18Br3N3O3/c1-11(2)24(22-16(25)13-4-3-5-15(10-13)23-27)17(26)12-6-8-14(9-7-12)18(19,20)21/h3-11,23,27H,1-2H3,(H,22,25). The largest absolute Gasteiger partial charge is 0.291 e. The van der Waals surface area contributed by atoms with Gasteiger partial charge in [0.15, 0.2) is 2.14 Å². The molecule has 2 aromatic carbocycles. The molecule has 27 heavy (non-hydrogen) atoms. The molecule has 0 atom stereocenters. The van der Waals surface area contributed by atoms with Gasteiger partial charge in [0, 0.05) is 17.2 Å². The maximum Gasteiger partial charge on any atom is 0.272 e.